The van der Waals surface area contributed by atoms with Crippen LogP contribution >= 0.6 is 9.24 Å². The molecule has 5 nitrogen and oxygen atoms in total. The van der Waals surface area contributed by atoms with Gasteiger partial charge in [-0.05, 0) is 36.3 Å². The fourth-order valence-electron chi connectivity index (χ4n) is 2.30. The topological polar surface area (TPSA) is 63.2 Å². The van der Waals surface area contributed by atoms with E-state index in [0.29, 0.717) is 11.9 Å². The average molecular weight is 369 g/mol. The van der Waals surface area contributed by atoms with E-state index in [1.165, 1.54) is 19.2 Å². The molecule has 0 radical (unpaired) electrons. The maximum atomic E-state index is 13.2. The van der Waals surface area contributed by atoms with Crippen LogP contribution in [0, 0.1) is 5.82 Å². The van der Waals surface area contributed by atoms with Crippen LogP contribution in [0.3, 0.4) is 0 Å². The van der Waals surface area contributed by atoms with Crippen molar-refractivity contribution in [1.29, 1.82) is 0 Å². The van der Waals surface area contributed by atoms with Crippen LogP contribution in [0.2, 0.25) is 0 Å². The highest BCUT2D eigenvalue weighted by Crippen LogP contribution is 2.31. The summed E-state index contributed by atoms with van der Waals surface area (Å²) in [7, 11) is 0.585. The summed E-state index contributed by atoms with van der Waals surface area (Å²) in [5, 5.41) is 0. The van der Waals surface area contributed by atoms with Gasteiger partial charge in [-0.1, -0.05) is 13.8 Å². The van der Waals surface area contributed by atoms with Gasteiger partial charge in [0.2, 0.25) is 16.0 Å². The largest absolute Gasteiger partial charge is 0.241 e. The van der Waals surface area contributed by atoms with E-state index >= 15 is 0 Å². The number of sulfonamides is 1. The lowest BCUT2D eigenvalue weighted by Gasteiger charge is -2.21. The predicted molar refractivity (Wildman–Crippen MR) is 98.2 cm³/mol. The molecule has 0 fully saturated rings. The quantitative estimate of drug-likeness (QED) is 0.760. The molecule has 130 valence electrons. The number of nitrogens with zero attached hydrogens (tertiary/aromatic N) is 3. The zero-order chi connectivity index (χ0) is 18.1. The lowest BCUT2D eigenvalue weighted by Crippen LogP contribution is -2.27. The summed E-state index contributed by atoms with van der Waals surface area (Å²) in [4.78, 5) is 8.91. The molecule has 0 saturated heterocycles. The van der Waals surface area contributed by atoms with Crippen molar-refractivity contribution in [3.8, 4) is 11.3 Å². The summed E-state index contributed by atoms with van der Waals surface area (Å²) >= 11 is 0. The number of benzene rings is 1. The van der Waals surface area contributed by atoms with Crippen LogP contribution < -0.4 is 4.31 Å². The minimum absolute atomic E-state index is 0.0921. The number of hydrogen-bond acceptors (Lipinski definition) is 4. The summed E-state index contributed by atoms with van der Waals surface area (Å²) in [5.74, 6) is -0.130. The summed E-state index contributed by atoms with van der Waals surface area (Å²) in [6.07, 6.45) is 1.72. The first-order chi connectivity index (χ1) is 11.1. The highest BCUT2D eigenvalue weighted by Gasteiger charge is 2.22. The lowest BCUT2D eigenvalue weighted by atomic mass is 9.99. The van der Waals surface area contributed by atoms with Crippen molar-refractivity contribution in [2.24, 2.45) is 0 Å². The molecule has 8 heteroatoms. The Morgan fingerprint density at radius 3 is 2.25 bits per heavy atom. The molecule has 24 heavy (non-hydrogen) atoms. The number of aromatic nitrogens is 2. The Hall–Kier alpha value is -1.59. The molecule has 1 unspecified atom stereocenters. The SMILES string of the molecule is CC(C)c1nc(N(C)S(C)(=O)=O)nc(-c2ccc(F)cc2)c1CP. The highest BCUT2D eigenvalue weighted by atomic mass is 32.2. The normalized spacial score (nSPS) is 11.8. The summed E-state index contributed by atoms with van der Waals surface area (Å²) < 4.78 is 38.0. The molecule has 0 aliphatic carbocycles. The second kappa shape index (κ2) is 7.11. The third-order valence-electron chi connectivity index (χ3n) is 3.68. The van der Waals surface area contributed by atoms with Gasteiger partial charge in [-0.15, -0.1) is 9.24 Å². The summed E-state index contributed by atoms with van der Waals surface area (Å²) in [6, 6.07) is 5.99. The molecule has 0 aliphatic heterocycles. The Labute approximate surface area is 144 Å². The fraction of sp³-hybridized carbons (Fsp3) is 0.375. The molecule has 0 saturated carbocycles. The van der Waals surface area contributed by atoms with Crippen molar-refractivity contribution >= 4 is 25.2 Å². The van der Waals surface area contributed by atoms with E-state index in [1.54, 1.807) is 12.1 Å². The van der Waals surface area contributed by atoms with Gasteiger partial charge in [0, 0.05) is 18.2 Å². The average Bonchev–Trinajstić information content (AvgIpc) is 2.52. The molecule has 1 heterocycles. The molecule has 0 N–H and O–H groups in total. The zero-order valence-corrected chi connectivity index (χ0v) is 16.1. The number of rotatable bonds is 5. The van der Waals surface area contributed by atoms with E-state index in [0.717, 1.165) is 27.4 Å². The molecule has 1 aromatic carbocycles. The Morgan fingerprint density at radius 1 is 1.21 bits per heavy atom. The van der Waals surface area contributed by atoms with E-state index in [2.05, 4.69) is 19.2 Å². The Balaban J connectivity index is 2.76. The highest BCUT2D eigenvalue weighted by molar-refractivity contribution is 7.92. The Bertz CT molecular complexity index is 839. The summed E-state index contributed by atoms with van der Waals surface area (Å²) in [5.41, 5.74) is 3.03. The molecule has 1 atom stereocenters. The van der Waals surface area contributed by atoms with E-state index in [9.17, 15) is 12.8 Å². The van der Waals surface area contributed by atoms with Crippen LogP contribution in [-0.4, -0.2) is 31.7 Å². The van der Waals surface area contributed by atoms with Gasteiger partial charge in [-0.3, -0.25) is 0 Å². The van der Waals surface area contributed by atoms with Crippen LogP contribution in [-0.2, 0) is 16.2 Å². The Kier molecular flexibility index (Phi) is 5.56. The van der Waals surface area contributed by atoms with Gasteiger partial charge >= 0.3 is 0 Å². The van der Waals surface area contributed by atoms with Gasteiger partial charge in [0.25, 0.3) is 0 Å². The first kappa shape index (κ1) is 18.7. The smallest absolute Gasteiger partial charge is 0.239 e. The minimum Gasteiger partial charge on any atom is -0.241 e. The number of hydrogen-bond donors (Lipinski definition) is 0. The van der Waals surface area contributed by atoms with Crippen LogP contribution in [0.25, 0.3) is 11.3 Å². The van der Waals surface area contributed by atoms with E-state index < -0.39 is 10.0 Å². The monoisotopic (exact) mass is 369 g/mol. The molecule has 0 bridgehead atoms. The molecule has 0 aliphatic rings. The van der Waals surface area contributed by atoms with Crippen molar-refractivity contribution in [2.45, 2.75) is 25.9 Å². The number of anilines is 1. The van der Waals surface area contributed by atoms with Crippen LogP contribution in [0.1, 0.15) is 31.0 Å². The predicted octanol–water partition coefficient (Wildman–Crippen LogP) is 3.18. The maximum absolute atomic E-state index is 13.2. The van der Waals surface area contributed by atoms with Crippen molar-refractivity contribution in [2.75, 3.05) is 17.6 Å². The Morgan fingerprint density at radius 2 is 1.79 bits per heavy atom. The number of halogens is 1. The van der Waals surface area contributed by atoms with Gasteiger partial charge in [0.1, 0.15) is 5.82 Å². The third kappa shape index (κ3) is 3.90. The fourth-order valence-corrected chi connectivity index (χ4v) is 3.08. The van der Waals surface area contributed by atoms with Gasteiger partial charge in [0.05, 0.1) is 17.6 Å². The van der Waals surface area contributed by atoms with Gasteiger partial charge < -0.3 is 0 Å². The van der Waals surface area contributed by atoms with Crippen LogP contribution in [0.15, 0.2) is 24.3 Å². The molecule has 2 aromatic rings. The van der Waals surface area contributed by atoms with Crippen molar-refractivity contribution in [3.63, 3.8) is 0 Å². The first-order valence-electron chi connectivity index (χ1n) is 7.45. The second-order valence-corrected chi connectivity index (χ2v) is 8.25. The van der Waals surface area contributed by atoms with E-state index in [1.807, 2.05) is 13.8 Å². The lowest BCUT2D eigenvalue weighted by molar-refractivity contribution is 0.599. The van der Waals surface area contributed by atoms with E-state index in [4.69, 9.17) is 0 Å². The van der Waals surface area contributed by atoms with Crippen LogP contribution in [0.4, 0.5) is 10.3 Å². The van der Waals surface area contributed by atoms with Crippen molar-refractivity contribution in [1.82, 2.24) is 9.97 Å². The van der Waals surface area contributed by atoms with Gasteiger partial charge in [-0.25, -0.2) is 27.1 Å². The molecule has 0 spiro atoms. The molecule has 2 rings (SSSR count). The molecular formula is C16H21FN3O2PS. The minimum atomic E-state index is -3.48. The van der Waals surface area contributed by atoms with Gasteiger partial charge in [-0.2, -0.15) is 0 Å². The van der Waals surface area contributed by atoms with Gasteiger partial charge in [0.15, 0.2) is 0 Å². The standard InChI is InChI=1S/C16H21FN3O2PS/c1-10(2)14-13(9-23)15(11-5-7-12(17)8-6-11)19-16(18-14)20(3)24(4,21)22/h5-8,10H,9,23H2,1-4H3. The first-order valence-corrected chi connectivity index (χ1v) is 10.1. The van der Waals surface area contributed by atoms with Crippen molar-refractivity contribution < 1.29 is 12.8 Å². The third-order valence-corrected chi connectivity index (χ3v) is 5.24. The van der Waals surface area contributed by atoms with Crippen LogP contribution in [0.5, 0.6) is 0 Å². The molecule has 0 amide bonds. The van der Waals surface area contributed by atoms with Crippen molar-refractivity contribution in [3.05, 3.63) is 41.3 Å². The zero-order valence-electron chi connectivity index (χ0n) is 14.1. The second-order valence-electron chi connectivity index (χ2n) is 5.83. The molecular weight excluding hydrogens is 348 g/mol. The summed E-state index contributed by atoms with van der Waals surface area (Å²) in [6.45, 7) is 3.98. The molecule has 1 aromatic heterocycles. The van der Waals surface area contributed by atoms with E-state index in [-0.39, 0.29) is 17.7 Å². The maximum Gasteiger partial charge on any atom is 0.239 e.